The highest BCUT2D eigenvalue weighted by Gasteiger charge is 2.30. The van der Waals surface area contributed by atoms with Gasteiger partial charge in [-0.15, -0.1) is 11.8 Å². The molecule has 0 unspecified atom stereocenters. The van der Waals surface area contributed by atoms with Crippen LogP contribution in [-0.4, -0.2) is 22.6 Å². The van der Waals surface area contributed by atoms with E-state index in [1.54, 1.807) is 0 Å². The summed E-state index contributed by atoms with van der Waals surface area (Å²) in [6, 6.07) is 8.02. The fraction of sp³-hybridized carbons (Fsp3) is 0.111. The van der Waals surface area contributed by atoms with Crippen LogP contribution in [-0.2, 0) is 11.0 Å². The second-order valence-electron chi connectivity index (χ2n) is 5.15. The summed E-state index contributed by atoms with van der Waals surface area (Å²) in [5.41, 5.74) is -0.648. The number of carboxylic acids is 1. The third-order valence-electron chi connectivity index (χ3n) is 3.21. The van der Waals surface area contributed by atoms with Crippen molar-refractivity contribution in [3.05, 3.63) is 71.0 Å². The molecular weight excluding hydrogens is 372 g/mol. The van der Waals surface area contributed by atoms with Crippen molar-refractivity contribution in [1.82, 2.24) is 0 Å². The third-order valence-corrected chi connectivity index (χ3v) is 4.24. The van der Waals surface area contributed by atoms with E-state index in [1.807, 2.05) is 0 Å². The fourth-order valence-electron chi connectivity index (χ4n) is 2.00. The summed E-state index contributed by atoms with van der Waals surface area (Å²) < 4.78 is 51.9. The van der Waals surface area contributed by atoms with Crippen LogP contribution >= 0.6 is 11.8 Å². The van der Waals surface area contributed by atoms with Crippen molar-refractivity contribution < 1.29 is 32.3 Å². The lowest BCUT2D eigenvalue weighted by Crippen LogP contribution is -2.04. The van der Waals surface area contributed by atoms with E-state index in [0.717, 1.165) is 36.0 Å². The number of thioether (sulfide) groups is 1. The van der Waals surface area contributed by atoms with E-state index in [9.17, 15) is 27.2 Å². The highest BCUT2D eigenvalue weighted by molar-refractivity contribution is 8.00. The minimum atomic E-state index is -4.49. The van der Waals surface area contributed by atoms with Crippen molar-refractivity contribution >= 4 is 29.6 Å². The molecule has 0 saturated heterocycles. The summed E-state index contributed by atoms with van der Waals surface area (Å²) in [7, 11) is 0. The van der Waals surface area contributed by atoms with Crippen LogP contribution in [0.4, 0.5) is 17.6 Å². The average Bonchev–Trinajstić information content (AvgIpc) is 2.58. The number of carboxylic acid groups (broad SMARTS) is 1. The third kappa shape index (κ3) is 5.45. The summed E-state index contributed by atoms with van der Waals surface area (Å²) >= 11 is 0.779. The highest BCUT2D eigenvalue weighted by Crippen LogP contribution is 2.29. The number of carbonyl (C=O) groups excluding carboxylic acids is 1. The summed E-state index contributed by atoms with van der Waals surface area (Å²) in [6.45, 7) is 0. The molecule has 0 atom stereocenters. The number of allylic oxidation sites excluding steroid dienone is 1. The lowest BCUT2D eigenvalue weighted by atomic mass is 10.1. The molecule has 0 amide bonds. The Morgan fingerprint density at radius 1 is 1.12 bits per heavy atom. The van der Waals surface area contributed by atoms with E-state index in [-0.39, 0.29) is 21.8 Å². The number of halogens is 4. The van der Waals surface area contributed by atoms with Crippen LogP contribution in [0.25, 0.3) is 6.08 Å². The predicted molar refractivity (Wildman–Crippen MR) is 89.6 cm³/mol. The van der Waals surface area contributed by atoms with E-state index < -0.39 is 29.3 Å². The molecule has 0 bridgehead atoms. The van der Waals surface area contributed by atoms with Crippen LogP contribution in [0, 0.1) is 5.82 Å². The molecule has 8 heteroatoms. The standard InChI is InChI=1S/C18H12F4O3S/c19-14-9-12(5-7-16(14)26-10-17(24)25)15(23)6-4-11-2-1-3-13(8-11)18(20,21)22/h1-9H,10H2,(H,24,25)/b6-4+. The van der Waals surface area contributed by atoms with Gasteiger partial charge in [-0.2, -0.15) is 13.2 Å². The Morgan fingerprint density at radius 2 is 1.85 bits per heavy atom. The number of alkyl halides is 3. The number of benzene rings is 2. The van der Waals surface area contributed by atoms with Gasteiger partial charge in [-0.05, 0) is 42.0 Å². The first kappa shape index (κ1) is 19.7. The van der Waals surface area contributed by atoms with Gasteiger partial charge in [-0.25, -0.2) is 4.39 Å². The van der Waals surface area contributed by atoms with Crippen LogP contribution in [0.5, 0.6) is 0 Å². The SMILES string of the molecule is O=C(O)CSc1ccc(C(=O)/C=C/c2cccc(C(F)(F)F)c2)cc1F. The molecule has 136 valence electrons. The normalized spacial score (nSPS) is 11.7. The molecule has 2 aromatic carbocycles. The van der Waals surface area contributed by atoms with Crippen molar-refractivity contribution in [3.8, 4) is 0 Å². The first-order chi connectivity index (χ1) is 12.2. The second-order valence-corrected chi connectivity index (χ2v) is 6.17. The van der Waals surface area contributed by atoms with Gasteiger partial charge in [0.2, 0.25) is 0 Å². The molecule has 26 heavy (non-hydrogen) atoms. The van der Waals surface area contributed by atoms with Crippen molar-refractivity contribution in [3.63, 3.8) is 0 Å². The van der Waals surface area contributed by atoms with Gasteiger partial charge < -0.3 is 5.11 Å². The number of carbonyl (C=O) groups is 2. The fourth-order valence-corrected chi connectivity index (χ4v) is 2.64. The molecule has 3 nitrogen and oxygen atoms in total. The molecule has 2 aromatic rings. The smallest absolute Gasteiger partial charge is 0.416 e. The Balaban J connectivity index is 2.13. The largest absolute Gasteiger partial charge is 0.481 e. The quantitative estimate of drug-likeness (QED) is 0.333. The maximum Gasteiger partial charge on any atom is 0.416 e. The van der Waals surface area contributed by atoms with Gasteiger partial charge in [0.15, 0.2) is 5.78 Å². The molecule has 0 aromatic heterocycles. The zero-order valence-electron chi connectivity index (χ0n) is 13.1. The summed E-state index contributed by atoms with van der Waals surface area (Å²) in [5.74, 6) is -2.75. The number of ketones is 1. The van der Waals surface area contributed by atoms with E-state index in [1.165, 1.54) is 30.3 Å². The van der Waals surface area contributed by atoms with E-state index in [2.05, 4.69) is 0 Å². The van der Waals surface area contributed by atoms with Crippen LogP contribution in [0.2, 0.25) is 0 Å². The Morgan fingerprint density at radius 3 is 2.46 bits per heavy atom. The lowest BCUT2D eigenvalue weighted by molar-refractivity contribution is -0.137. The zero-order valence-corrected chi connectivity index (χ0v) is 13.9. The highest BCUT2D eigenvalue weighted by atomic mass is 32.2. The van der Waals surface area contributed by atoms with Gasteiger partial charge in [0.05, 0.1) is 11.3 Å². The first-order valence-corrected chi connectivity index (χ1v) is 8.19. The van der Waals surface area contributed by atoms with E-state index in [4.69, 9.17) is 5.11 Å². The maximum absolute atomic E-state index is 13.9. The van der Waals surface area contributed by atoms with Gasteiger partial charge in [0.25, 0.3) is 0 Å². The molecule has 0 radical (unpaired) electrons. The Kier molecular flexibility index (Phi) is 6.20. The monoisotopic (exact) mass is 384 g/mol. The van der Waals surface area contributed by atoms with Gasteiger partial charge in [-0.3, -0.25) is 9.59 Å². The zero-order chi connectivity index (χ0) is 19.3. The van der Waals surface area contributed by atoms with Crippen molar-refractivity contribution in [2.75, 3.05) is 5.75 Å². The Bertz CT molecular complexity index is 860. The summed E-state index contributed by atoms with van der Waals surface area (Å²) in [4.78, 5) is 22.6. The van der Waals surface area contributed by atoms with Crippen LogP contribution in [0.3, 0.4) is 0 Å². The van der Waals surface area contributed by atoms with Gasteiger partial charge in [-0.1, -0.05) is 18.2 Å². The van der Waals surface area contributed by atoms with Crippen molar-refractivity contribution in [2.24, 2.45) is 0 Å². The molecule has 0 fully saturated rings. The van der Waals surface area contributed by atoms with Crippen LogP contribution < -0.4 is 0 Å². The molecule has 0 aliphatic heterocycles. The van der Waals surface area contributed by atoms with Crippen molar-refractivity contribution in [2.45, 2.75) is 11.1 Å². The number of hydrogen-bond acceptors (Lipinski definition) is 3. The number of hydrogen-bond donors (Lipinski definition) is 1. The minimum Gasteiger partial charge on any atom is -0.481 e. The molecule has 0 aliphatic carbocycles. The molecule has 0 heterocycles. The van der Waals surface area contributed by atoms with Crippen LogP contribution in [0.1, 0.15) is 21.5 Å². The second kappa shape index (κ2) is 8.18. The molecule has 0 aliphatic rings. The Labute approximate surface area is 150 Å². The van der Waals surface area contributed by atoms with Crippen molar-refractivity contribution in [1.29, 1.82) is 0 Å². The van der Waals surface area contributed by atoms with Gasteiger partial charge in [0, 0.05) is 10.5 Å². The molecule has 0 spiro atoms. The van der Waals surface area contributed by atoms with Gasteiger partial charge in [0.1, 0.15) is 5.82 Å². The van der Waals surface area contributed by atoms with Crippen LogP contribution in [0.15, 0.2) is 53.4 Å². The predicted octanol–water partition coefficient (Wildman–Crippen LogP) is 4.92. The number of rotatable bonds is 6. The minimum absolute atomic E-state index is 0.00500. The maximum atomic E-state index is 13.9. The summed E-state index contributed by atoms with van der Waals surface area (Å²) in [5, 5.41) is 8.58. The molecule has 2 rings (SSSR count). The number of aliphatic carboxylic acids is 1. The molecule has 1 N–H and O–H groups in total. The molecular formula is C18H12F4O3S. The Hall–Kier alpha value is -2.61. The molecule has 0 saturated carbocycles. The average molecular weight is 384 g/mol. The van der Waals surface area contributed by atoms with E-state index in [0.29, 0.717) is 0 Å². The summed E-state index contributed by atoms with van der Waals surface area (Å²) in [6.07, 6.45) is -2.22. The topological polar surface area (TPSA) is 54.4 Å². The first-order valence-electron chi connectivity index (χ1n) is 7.20. The van der Waals surface area contributed by atoms with Gasteiger partial charge >= 0.3 is 12.1 Å². The van der Waals surface area contributed by atoms with E-state index >= 15 is 0 Å². The lowest BCUT2D eigenvalue weighted by Gasteiger charge is -2.06.